The van der Waals surface area contributed by atoms with Gasteiger partial charge in [-0.05, 0) is 32.1 Å². The van der Waals surface area contributed by atoms with E-state index in [0.717, 1.165) is 25.7 Å². The monoisotopic (exact) mass is 644 g/mol. The van der Waals surface area contributed by atoms with E-state index in [2.05, 4.69) is 45.7 Å². The van der Waals surface area contributed by atoms with Gasteiger partial charge in [0.15, 0.2) is 0 Å². The van der Waals surface area contributed by atoms with Gasteiger partial charge in [-0.1, -0.05) is 78.1 Å². The van der Waals surface area contributed by atoms with Crippen LogP contribution < -0.4 is 31.9 Å². The van der Waals surface area contributed by atoms with Crippen molar-refractivity contribution in [1.82, 2.24) is 31.9 Å². The van der Waals surface area contributed by atoms with Crippen LogP contribution in [0.5, 0.6) is 0 Å². The largest absolute Gasteiger partial charge is 0.467 e. The molecule has 0 aromatic carbocycles. The standard InChI is InChI=1S/C31H60N6O8/c1-4-6-8-10-12-15-19-32-28(39)34-22-24-44-30(41)36-21-17-14-18-26(27(38)43-3)37-31(42)45-25-23-35-29(40)33-20-16-13-11-9-7-5-2/h26H,4-25H2,1-3H3,(H,36,41)(H,37,42)(H2,32,34,39)(H2,33,35,40). The summed E-state index contributed by atoms with van der Waals surface area (Å²) in [6, 6.07) is -1.53. The molecule has 0 fully saturated rings. The first kappa shape index (κ1) is 41.5. The number of urea groups is 2. The molecule has 0 saturated heterocycles. The lowest BCUT2D eigenvalue weighted by Crippen LogP contribution is -2.43. The molecule has 14 nitrogen and oxygen atoms in total. The summed E-state index contributed by atoms with van der Waals surface area (Å²) in [5.74, 6) is -0.616. The van der Waals surface area contributed by atoms with Crippen molar-refractivity contribution < 1.29 is 38.2 Å². The molecule has 1 unspecified atom stereocenters. The van der Waals surface area contributed by atoms with E-state index in [9.17, 15) is 24.0 Å². The average molecular weight is 645 g/mol. The van der Waals surface area contributed by atoms with Crippen molar-refractivity contribution >= 4 is 30.2 Å². The summed E-state index contributed by atoms with van der Waals surface area (Å²) in [5.41, 5.74) is 0. The van der Waals surface area contributed by atoms with Gasteiger partial charge >= 0.3 is 30.2 Å². The van der Waals surface area contributed by atoms with Crippen LogP contribution in [-0.4, -0.2) is 89.3 Å². The van der Waals surface area contributed by atoms with E-state index < -0.39 is 24.2 Å². The van der Waals surface area contributed by atoms with Gasteiger partial charge in [-0.25, -0.2) is 24.0 Å². The lowest BCUT2D eigenvalue weighted by molar-refractivity contribution is -0.143. The topological polar surface area (TPSA) is 185 Å². The van der Waals surface area contributed by atoms with Crippen molar-refractivity contribution in [3.63, 3.8) is 0 Å². The zero-order valence-corrected chi connectivity index (χ0v) is 27.9. The lowest BCUT2D eigenvalue weighted by Gasteiger charge is -2.16. The van der Waals surface area contributed by atoms with E-state index in [1.54, 1.807) is 0 Å². The Balaban J connectivity index is 3.90. The molecule has 0 aromatic rings. The molecule has 0 radical (unpaired) electrons. The Morgan fingerprint density at radius 1 is 0.511 bits per heavy atom. The number of methoxy groups -OCH3 is 1. The number of carbonyl (C=O) groups excluding carboxylic acids is 5. The number of amides is 6. The summed E-state index contributed by atoms with van der Waals surface area (Å²) in [6.45, 7) is 6.15. The van der Waals surface area contributed by atoms with E-state index in [4.69, 9.17) is 14.2 Å². The number of carbonyl (C=O) groups is 5. The van der Waals surface area contributed by atoms with E-state index in [1.165, 1.54) is 58.5 Å². The first-order chi connectivity index (χ1) is 21.8. The molecule has 0 aromatic heterocycles. The van der Waals surface area contributed by atoms with Crippen molar-refractivity contribution in [1.29, 1.82) is 0 Å². The molecule has 45 heavy (non-hydrogen) atoms. The molecule has 0 aliphatic rings. The lowest BCUT2D eigenvalue weighted by atomic mass is 10.1. The summed E-state index contributed by atoms with van der Waals surface area (Å²) in [4.78, 5) is 59.6. The maximum atomic E-state index is 12.1. The highest BCUT2D eigenvalue weighted by Crippen LogP contribution is 2.05. The summed E-state index contributed by atoms with van der Waals surface area (Å²) < 4.78 is 14.9. The quantitative estimate of drug-likeness (QED) is 0.0430. The predicted molar refractivity (Wildman–Crippen MR) is 173 cm³/mol. The van der Waals surface area contributed by atoms with Crippen LogP contribution in [0, 0.1) is 0 Å². The second-order valence-corrected chi connectivity index (χ2v) is 10.8. The fourth-order valence-corrected chi connectivity index (χ4v) is 4.25. The molecule has 14 heteroatoms. The molecule has 1 atom stereocenters. The van der Waals surface area contributed by atoms with Gasteiger partial charge in [-0.3, -0.25) is 0 Å². The minimum Gasteiger partial charge on any atom is -0.467 e. The molecule has 0 spiro atoms. The SMILES string of the molecule is CCCCCCCCNC(=O)NCCOC(=O)NCCCCC(NC(=O)OCCNC(=O)NCCCCCCCC)C(=O)OC. The molecule has 0 heterocycles. The Morgan fingerprint density at radius 3 is 1.44 bits per heavy atom. The maximum Gasteiger partial charge on any atom is 0.407 e. The summed E-state index contributed by atoms with van der Waals surface area (Å²) in [6.07, 6.45) is 13.6. The Labute approximate surface area is 269 Å². The van der Waals surface area contributed by atoms with Crippen LogP contribution in [0.1, 0.15) is 110 Å². The number of alkyl carbamates (subject to hydrolysis) is 2. The molecule has 0 rings (SSSR count). The van der Waals surface area contributed by atoms with Crippen LogP contribution in [0.4, 0.5) is 19.2 Å². The molecule has 6 N–H and O–H groups in total. The normalized spacial score (nSPS) is 11.1. The Morgan fingerprint density at radius 2 is 0.933 bits per heavy atom. The van der Waals surface area contributed by atoms with Crippen LogP contribution in [-0.2, 0) is 19.0 Å². The Hall–Kier alpha value is -3.45. The number of ether oxygens (including phenoxy) is 3. The number of hydrogen-bond acceptors (Lipinski definition) is 8. The van der Waals surface area contributed by atoms with Crippen molar-refractivity contribution in [3.05, 3.63) is 0 Å². The Bertz CT molecular complexity index is 802. The van der Waals surface area contributed by atoms with Crippen LogP contribution in [0.3, 0.4) is 0 Å². The fraction of sp³-hybridized carbons (Fsp3) is 0.839. The number of nitrogens with one attached hydrogen (secondary N) is 6. The summed E-state index contributed by atoms with van der Waals surface area (Å²) in [7, 11) is 1.22. The number of esters is 1. The minimum atomic E-state index is -0.915. The highest BCUT2D eigenvalue weighted by Gasteiger charge is 2.21. The third-order valence-electron chi connectivity index (χ3n) is 6.84. The maximum absolute atomic E-state index is 12.1. The molecular formula is C31H60N6O8. The molecule has 0 bridgehead atoms. The van der Waals surface area contributed by atoms with Gasteiger partial charge in [-0.15, -0.1) is 0 Å². The molecule has 6 amide bonds. The highest BCUT2D eigenvalue weighted by molar-refractivity contribution is 5.81. The third kappa shape index (κ3) is 27.8. The number of rotatable bonds is 27. The van der Waals surface area contributed by atoms with Gasteiger partial charge in [0.2, 0.25) is 0 Å². The molecule has 262 valence electrons. The summed E-state index contributed by atoms with van der Waals surface area (Å²) in [5, 5.41) is 15.9. The average Bonchev–Trinajstić information content (AvgIpc) is 3.03. The van der Waals surface area contributed by atoms with Crippen LogP contribution in [0.25, 0.3) is 0 Å². The van der Waals surface area contributed by atoms with Crippen LogP contribution in [0.15, 0.2) is 0 Å². The number of unbranched alkanes of at least 4 members (excludes halogenated alkanes) is 11. The smallest absolute Gasteiger partial charge is 0.407 e. The molecule has 0 aliphatic heterocycles. The predicted octanol–water partition coefficient (Wildman–Crippen LogP) is 4.47. The molecule has 0 aliphatic carbocycles. The van der Waals surface area contributed by atoms with Gasteiger partial charge in [0.25, 0.3) is 0 Å². The van der Waals surface area contributed by atoms with Gasteiger partial charge < -0.3 is 46.1 Å². The molecular weight excluding hydrogens is 584 g/mol. The third-order valence-corrected chi connectivity index (χ3v) is 6.84. The van der Waals surface area contributed by atoms with Gasteiger partial charge in [0, 0.05) is 19.6 Å². The van der Waals surface area contributed by atoms with Crippen molar-refractivity contribution in [2.75, 3.05) is 53.0 Å². The molecule has 0 saturated carbocycles. The van der Waals surface area contributed by atoms with Gasteiger partial charge in [0.05, 0.1) is 20.2 Å². The van der Waals surface area contributed by atoms with E-state index >= 15 is 0 Å². The minimum absolute atomic E-state index is 0.0338. The van der Waals surface area contributed by atoms with Gasteiger partial charge in [0.1, 0.15) is 19.3 Å². The van der Waals surface area contributed by atoms with E-state index in [1.807, 2.05) is 0 Å². The van der Waals surface area contributed by atoms with Crippen LogP contribution in [0.2, 0.25) is 0 Å². The second kappa shape index (κ2) is 30.6. The summed E-state index contributed by atoms with van der Waals surface area (Å²) >= 11 is 0. The van der Waals surface area contributed by atoms with E-state index in [-0.39, 0.29) is 44.8 Å². The zero-order chi connectivity index (χ0) is 33.4. The van der Waals surface area contributed by atoms with Crippen molar-refractivity contribution in [3.8, 4) is 0 Å². The first-order valence-corrected chi connectivity index (χ1v) is 16.8. The van der Waals surface area contributed by atoms with Crippen LogP contribution >= 0.6 is 0 Å². The number of hydrogen-bond donors (Lipinski definition) is 6. The first-order valence-electron chi connectivity index (χ1n) is 16.8. The zero-order valence-electron chi connectivity index (χ0n) is 27.9. The van der Waals surface area contributed by atoms with Gasteiger partial charge in [-0.2, -0.15) is 0 Å². The van der Waals surface area contributed by atoms with E-state index in [0.29, 0.717) is 32.5 Å². The highest BCUT2D eigenvalue weighted by atomic mass is 16.6. The Kier molecular flexibility index (Phi) is 28.2. The second-order valence-electron chi connectivity index (χ2n) is 10.8. The van der Waals surface area contributed by atoms with Crippen molar-refractivity contribution in [2.45, 2.75) is 116 Å². The van der Waals surface area contributed by atoms with Crippen molar-refractivity contribution in [2.24, 2.45) is 0 Å². The fourth-order valence-electron chi connectivity index (χ4n) is 4.25.